The first-order chi connectivity index (χ1) is 12.9. The number of nitrogens with zero attached hydrogens (tertiary/aromatic N) is 3. The third-order valence-electron chi connectivity index (χ3n) is 6.25. The van der Waals surface area contributed by atoms with Crippen molar-refractivity contribution >= 4 is 5.91 Å². The van der Waals surface area contributed by atoms with Gasteiger partial charge in [-0.3, -0.25) is 4.79 Å². The predicted molar refractivity (Wildman–Crippen MR) is 101 cm³/mol. The van der Waals surface area contributed by atoms with Crippen LogP contribution in [0.15, 0.2) is 34.9 Å². The maximum atomic E-state index is 12.6. The number of hydrogen-bond acceptors (Lipinski definition) is 5. The second kappa shape index (κ2) is 6.77. The molecule has 1 saturated heterocycles. The second-order valence-corrected chi connectivity index (χ2v) is 8.09. The lowest BCUT2D eigenvalue weighted by atomic mass is 9.72. The van der Waals surface area contributed by atoms with Crippen LogP contribution in [0.25, 0.3) is 0 Å². The molecule has 27 heavy (non-hydrogen) atoms. The van der Waals surface area contributed by atoms with Crippen molar-refractivity contribution in [1.82, 2.24) is 15.0 Å². The number of aromatic nitrogens is 1. The number of benzene rings is 1. The van der Waals surface area contributed by atoms with Crippen LogP contribution in [0.2, 0.25) is 0 Å². The summed E-state index contributed by atoms with van der Waals surface area (Å²) >= 11 is 0. The van der Waals surface area contributed by atoms with Gasteiger partial charge in [0.25, 0.3) is 0 Å². The molecule has 144 valence electrons. The number of carbonyl (C=O) groups excluding carboxylic acids is 1. The van der Waals surface area contributed by atoms with Crippen molar-refractivity contribution < 1.29 is 14.4 Å². The van der Waals surface area contributed by atoms with Crippen LogP contribution in [0.1, 0.15) is 41.5 Å². The average Bonchev–Trinajstić information content (AvgIpc) is 3.16. The normalized spacial score (nSPS) is 23.8. The van der Waals surface area contributed by atoms with Gasteiger partial charge in [-0.05, 0) is 45.0 Å². The van der Waals surface area contributed by atoms with Gasteiger partial charge >= 0.3 is 0 Å². The molecule has 0 bridgehead atoms. The summed E-state index contributed by atoms with van der Waals surface area (Å²) in [6.45, 7) is 3.15. The maximum Gasteiger partial charge on any atom is 0.230 e. The summed E-state index contributed by atoms with van der Waals surface area (Å²) in [5, 5.41) is 15.1. The average molecular weight is 369 g/mol. The molecule has 0 saturated carbocycles. The summed E-state index contributed by atoms with van der Waals surface area (Å²) in [7, 11) is 4.03. The maximum absolute atomic E-state index is 12.6. The fourth-order valence-electron chi connectivity index (χ4n) is 4.88. The van der Waals surface area contributed by atoms with Gasteiger partial charge in [-0.15, -0.1) is 0 Å². The SMILES string of the molecule is Cc1cc(CC(=O)N2CCC3(CC2)c2ccccc2[C@@H](N(C)C)[C@@H]3O)on1. The Hall–Kier alpha value is -2.18. The number of aliphatic hydroxyl groups excluding tert-OH is 1. The summed E-state index contributed by atoms with van der Waals surface area (Å²) < 4.78 is 5.18. The minimum atomic E-state index is -0.459. The van der Waals surface area contributed by atoms with Crippen LogP contribution in [-0.4, -0.2) is 59.3 Å². The van der Waals surface area contributed by atoms with Crippen LogP contribution in [0.4, 0.5) is 0 Å². The molecule has 2 aliphatic rings. The highest BCUT2D eigenvalue weighted by atomic mass is 16.5. The monoisotopic (exact) mass is 369 g/mol. The van der Waals surface area contributed by atoms with Crippen LogP contribution >= 0.6 is 0 Å². The topological polar surface area (TPSA) is 69.8 Å². The zero-order valence-corrected chi connectivity index (χ0v) is 16.2. The Balaban J connectivity index is 1.52. The highest BCUT2D eigenvalue weighted by Gasteiger charge is 2.53. The molecule has 6 nitrogen and oxygen atoms in total. The Kier molecular flexibility index (Phi) is 4.56. The molecule has 2 aromatic rings. The molecule has 0 unspecified atom stereocenters. The van der Waals surface area contributed by atoms with Crippen molar-refractivity contribution in [2.24, 2.45) is 0 Å². The zero-order chi connectivity index (χ0) is 19.2. The van der Waals surface area contributed by atoms with E-state index < -0.39 is 6.10 Å². The van der Waals surface area contributed by atoms with Crippen molar-refractivity contribution in [3.63, 3.8) is 0 Å². The van der Waals surface area contributed by atoms with Crippen molar-refractivity contribution in [3.8, 4) is 0 Å². The van der Waals surface area contributed by atoms with E-state index in [0.717, 1.165) is 18.5 Å². The second-order valence-electron chi connectivity index (χ2n) is 8.09. The Morgan fingerprint density at radius 1 is 1.33 bits per heavy atom. The van der Waals surface area contributed by atoms with E-state index >= 15 is 0 Å². The number of aryl methyl sites for hydroxylation is 1. The van der Waals surface area contributed by atoms with E-state index in [1.165, 1.54) is 11.1 Å². The third kappa shape index (κ3) is 2.97. The van der Waals surface area contributed by atoms with Gasteiger partial charge in [-0.1, -0.05) is 29.4 Å². The summed E-state index contributed by atoms with van der Waals surface area (Å²) in [5.41, 5.74) is 2.97. The number of aliphatic hydroxyl groups is 1. The van der Waals surface area contributed by atoms with Gasteiger partial charge in [0.05, 0.1) is 24.3 Å². The highest BCUT2D eigenvalue weighted by molar-refractivity contribution is 5.78. The number of hydrogen-bond donors (Lipinski definition) is 1. The van der Waals surface area contributed by atoms with Gasteiger partial charge in [-0.2, -0.15) is 0 Å². The summed E-state index contributed by atoms with van der Waals surface area (Å²) in [6, 6.07) is 10.2. The molecule has 6 heteroatoms. The number of fused-ring (bicyclic) bond motifs is 2. The minimum absolute atomic E-state index is 0.000574. The molecule has 4 rings (SSSR count). The van der Waals surface area contributed by atoms with Crippen LogP contribution in [0.3, 0.4) is 0 Å². The number of likely N-dealkylation sites (N-methyl/N-ethyl adjacent to an activating group) is 1. The van der Waals surface area contributed by atoms with Gasteiger partial charge in [0.1, 0.15) is 5.76 Å². The van der Waals surface area contributed by atoms with E-state index in [0.29, 0.717) is 18.8 Å². The first-order valence-corrected chi connectivity index (χ1v) is 9.56. The van der Waals surface area contributed by atoms with Crippen molar-refractivity contribution in [1.29, 1.82) is 0 Å². The lowest BCUT2D eigenvalue weighted by Gasteiger charge is -2.43. The van der Waals surface area contributed by atoms with Crippen molar-refractivity contribution in [3.05, 3.63) is 52.9 Å². The Bertz CT molecular complexity index is 837. The largest absolute Gasteiger partial charge is 0.390 e. The molecule has 1 N–H and O–H groups in total. The molecule has 2 atom stereocenters. The first-order valence-electron chi connectivity index (χ1n) is 9.56. The van der Waals surface area contributed by atoms with Crippen molar-refractivity contribution in [2.75, 3.05) is 27.2 Å². The van der Waals surface area contributed by atoms with Crippen molar-refractivity contribution in [2.45, 2.75) is 43.7 Å². The molecule has 1 amide bonds. The van der Waals surface area contributed by atoms with Gasteiger partial charge < -0.3 is 19.4 Å². The number of likely N-dealkylation sites (tertiary alicyclic amines) is 1. The number of piperidine rings is 1. The lowest BCUT2D eigenvalue weighted by Crippen LogP contribution is -2.50. The van der Waals surface area contributed by atoms with E-state index in [-0.39, 0.29) is 23.8 Å². The van der Waals surface area contributed by atoms with E-state index in [1.807, 2.05) is 38.1 Å². The fourth-order valence-corrected chi connectivity index (χ4v) is 4.88. The lowest BCUT2D eigenvalue weighted by molar-refractivity contribution is -0.133. The van der Waals surface area contributed by atoms with E-state index in [4.69, 9.17) is 4.52 Å². The minimum Gasteiger partial charge on any atom is -0.390 e. The first kappa shape index (κ1) is 18.2. The summed E-state index contributed by atoms with van der Waals surface area (Å²) in [4.78, 5) is 16.6. The van der Waals surface area contributed by atoms with Crippen LogP contribution in [0, 0.1) is 6.92 Å². The molecule has 1 aromatic carbocycles. The van der Waals surface area contributed by atoms with Crippen LogP contribution < -0.4 is 0 Å². The molecule has 1 fully saturated rings. The molecular formula is C21H27N3O3. The standard InChI is InChI=1S/C21H27N3O3/c1-14-12-15(27-22-14)13-18(25)24-10-8-21(9-11-24)17-7-5-4-6-16(17)19(20(21)26)23(2)3/h4-7,12,19-20,26H,8-11,13H2,1-3H3/t19-,20+/m1/s1. The Labute approximate surface area is 159 Å². The Morgan fingerprint density at radius 3 is 2.67 bits per heavy atom. The predicted octanol–water partition coefficient (Wildman–Crippen LogP) is 2.06. The molecule has 1 spiro atoms. The highest BCUT2D eigenvalue weighted by Crippen LogP contribution is 2.52. The Morgan fingerprint density at radius 2 is 2.04 bits per heavy atom. The molecule has 1 aliphatic carbocycles. The molecule has 1 aliphatic heterocycles. The summed E-state index contributed by atoms with van der Waals surface area (Å²) in [5.74, 6) is 0.669. The van der Waals surface area contributed by atoms with Gasteiger partial charge in [0, 0.05) is 24.6 Å². The summed E-state index contributed by atoms with van der Waals surface area (Å²) in [6.07, 6.45) is 1.33. The van der Waals surface area contributed by atoms with Gasteiger partial charge in [0.2, 0.25) is 5.91 Å². The molecular weight excluding hydrogens is 342 g/mol. The quantitative estimate of drug-likeness (QED) is 0.897. The molecule has 0 radical (unpaired) electrons. The van der Waals surface area contributed by atoms with E-state index in [2.05, 4.69) is 28.3 Å². The van der Waals surface area contributed by atoms with Gasteiger partial charge in [0.15, 0.2) is 0 Å². The van der Waals surface area contributed by atoms with Crippen LogP contribution in [0.5, 0.6) is 0 Å². The number of rotatable bonds is 3. The van der Waals surface area contributed by atoms with Gasteiger partial charge in [-0.25, -0.2) is 0 Å². The van der Waals surface area contributed by atoms with E-state index in [1.54, 1.807) is 0 Å². The molecule has 1 aromatic heterocycles. The fraction of sp³-hybridized carbons (Fsp3) is 0.524. The van der Waals surface area contributed by atoms with Crippen LogP contribution in [-0.2, 0) is 16.6 Å². The zero-order valence-electron chi connectivity index (χ0n) is 16.2. The van der Waals surface area contributed by atoms with E-state index in [9.17, 15) is 9.90 Å². The smallest absolute Gasteiger partial charge is 0.230 e. The number of carbonyl (C=O) groups is 1. The molecule has 2 heterocycles. The third-order valence-corrected chi connectivity index (χ3v) is 6.25. The number of amides is 1.